The lowest BCUT2D eigenvalue weighted by atomic mass is 10.0. The first-order chi connectivity index (χ1) is 29.5. The van der Waals surface area contributed by atoms with Crippen LogP contribution in [0, 0.1) is 12.8 Å². The molecule has 1 aliphatic carbocycles. The highest BCUT2D eigenvalue weighted by Crippen LogP contribution is 2.39. The molecule has 0 bridgehead atoms. The molecule has 2 fully saturated rings. The van der Waals surface area contributed by atoms with Crippen LogP contribution in [-0.2, 0) is 22.6 Å². The number of amides is 1. The highest BCUT2D eigenvalue weighted by molar-refractivity contribution is 7.13. The third kappa shape index (κ3) is 11.8. The molecule has 3 aromatic carbocycles. The summed E-state index contributed by atoms with van der Waals surface area (Å²) in [6.07, 6.45) is 2.83. The first kappa shape index (κ1) is 43.8. The predicted molar refractivity (Wildman–Crippen MR) is 242 cm³/mol. The van der Waals surface area contributed by atoms with Gasteiger partial charge in [-0.1, -0.05) is 43.3 Å². The van der Waals surface area contributed by atoms with Gasteiger partial charge >= 0.3 is 6.09 Å². The van der Waals surface area contributed by atoms with Gasteiger partial charge in [0.15, 0.2) is 12.6 Å². The minimum absolute atomic E-state index is 0.0119. The van der Waals surface area contributed by atoms with Crippen LogP contribution in [-0.4, -0.2) is 84.4 Å². The second-order valence-electron chi connectivity index (χ2n) is 17.1. The van der Waals surface area contributed by atoms with Gasteiger partial charge in [0.2, 0.25) is 0 Å². The number of nitrogens with zero attached hydrogens (tertiary/aromatic N) is 5. The minimum atomic E-state index is -0.417. The number of ether oxygens (including phenoxy) is 4. The smallest absolute Gasteiger partial charge is 0.407 e. The Balaban J connectivity index is 0.972. The van der Waals surface area contributed by atoms with Crippen LogP contribution in [0.3, 0.4) is 0 Å². The van der Waals surface area contributed by atoms with Gasteiger partial charge in [0.1, 0.15) is 18.1 Å². The molecule has 324 valence electrons. The molecule has 0 spiro atoms. The molecular weight excluding hydrogens is 789 g/mol. The van der Waals surface area contributed by atoms with E-state index in [4.69, 9.17) is 24.7 Å². The molecule has 7 rings (SSSR count). The molecule has 1 saturated carbocycles. The van der Waals surface area contributed by atoms with Crippen LogP contribution in [0.5, 0.6) is 11.5 Å². The average molecular weight is 849 g/mol. The van der Waals surface area contributed by atoms with E-state index in [1.165, 1.54) is 5.56 Å². The molecule has 1 aliphatic heterocycles. The first-order valence-electron chi connectivity index (χ1n) is 21.2. The number of aryl methyl sites for hydroxylation is 1. The number of carbonyl (C=O) groups is 1. The Hall–Kier alpha value is -5.28. The van der Waals surface area contributed by atoms with Crippen LogP contribution in [0.25, 0.3) is 21.7 Å². The third-order valence-corrected chi connectivity index (χ3v) is 12.0. The standard InChI is InChI=1S/C47H60N8O5S/c1-31(19-21-55(36-15-16-36)41-23-34(44-32(2)50-29-61-44)13-14-35(41)28-59-46(56)51-47(3,4)5)27-58-37-17-11-33(12-18-37)26-54-22-20-49-25-42(54)39-24-40(52-53-45(39)48)38-9-7-8-10-43(38)60-30-57-6/h7-14,17-18,23-24,29,31,36,42,49H,15-16,19-22,25-28,30H2,1-6H3,(H2,48,53)(H,51,56). The molecule has 0 radical (unpaired) electrons. The van der Waals surface area contributed by atoms with E-state index >= 15 is 0 Å². The summed E-state index contributed by atoms with van der Waals surface area (Å²) in [5.41, 5.74) is 15.9. The Kier molecular flexibility index (Phi) is 14.4. The van der Waals surface area contributed by atoms with Gasteiger partial charge in [-0.3, -0.25) is 4.90 Å². The Labute approximate surface area is 364 Å². The van der Waals surface area contributed by atoms with Crippen molar-refractivity contribution >= 4 is 28.9 Å². The maximum Gasteiger partial charge on any atom is 0.407 e. The number of anilines is 2. The van der Waals surface area contributed by atoms with Gasteiger partial charge in [0, 0.05) is 73.8 Å². The van der Waals surface area contributed by atoms with Gasteiger partial charge in [-0.15, -0.1) is 21.5 Å². The van der Waals surface area contributed by atoms with Crippen molar-refractivity contribution in [3.8, 4) is 33.2 Å². The van der Waals surface area contributed by atoms with E-state index in [9.17, 15) is 4.79 Å². The second kappa shape index (κ2) is 20.1. The molecule has 1 amide bonds. The number of piperazine rings is 1. The summed E-state index contributed by atoms with van der Waals surface area (Å²) in [6, 6.07) is 25.2. The summed E-state index contributed by atoms with van der Waals surface area (Å²) in [4.78, 5) is 23.3. The number of alkyl carbamates (subject to hydrolysis) is 1. The Morgan fingerprint density at radius 2 is 1.87 bits per heavy atom. The fraction of sp³-hybridized carbons (Fsp3) is 0.447. The minimum Gasteiger partial charge on any atom is -0.493 e. The van der Waals surface area contributed by atoms with Gasteiger partial charge in [0.25, 0.3) is 0 Å². The molecule has 61 heavy (non-hydrogen) atoms. The highest BCUT2D eigenvalue weighted by atomic mass is 32.1. The summed E-state index contributed by atoms with van der Waals surface area (Å²) >= 11 is 1.65. The molecule has 2 atom stereocenters. The monoisotopic (exact) mass is 848 g/mol. The fourth-order valence-electron chi connectivity index (χ4n) is 7.63. The normalized spacial score (nSPS) is 16.2. The van der Waals surface area contributed by atoms with Crippen molar-refractivity contribution in [1.29, 1.82) is 0 Å². The summed E-state index contributed by atoms with van der Waals surface area (Å²) in [5.74, 6) is 2.27. The number of carbonyl (C=O) groups excluding carboxylic acids is 1. The molecule has 2 unspecified atom stereocenters. The molecule has 2 aromatic heterocycles. The van der Waals surface area contributed by atoms with Crippen LogP contribution < -0.4 is 30.7 Å². The summed E-state index contributed by atoms with van der Waals surface area (Å²) in [7, 11) is 1.60. The van der Waals surface area contributed by atoms with Crippen molar-refractivity contribution in [2.75, 3.05) is 57.3 Å². The molecule has 4 N–H and O–H groups in total. The number of nitrogens with one attached hydrogen (secondary N) is 2. The molecule has 14 heteroatoms. The summed E-state index contributed by atoms with van der Waals surface area (Å²) in [5, 5.41) is 15.3. The predicted octanol–water partition coefficient (Wildman–Crippen LogP) is 8.39. The summed E-state index contributed by atoms with van der Waals surface area (Å²) < 4.78 is 23.1. The number of rotatable bonds is 18. The van der Waals surface area contributed by atoms with Crippen molar-refractivity contribution in [3.05, 3.63) is 101 Å². The number of aromatic nitrogens is 3. The van der Waals surface area contributed by atoms with Gasteiger partial charge in [-0.05, 0) is 100 Å². The first-order valence-corrected chi connectivity index (χ1v) is 22.1. The van der Waals surface area contributed by atoms with Gasteiger partial charge in [0.05, 0.1) is 34.4 Å². The maximum atomic E-state index is 12.6. The maximum absolute atomic E-state index is 12.6. The van der Waals surface area contributed by atoms with E-state index in [0.29, 0.717) is 35.8 Å². The van der Waals surface area contributed by atoms with Crippen molar-refractivity contribution in [3.63, 3.8) is 0 Å². The van der Waals surface area contributed by atoms with Crippen LogP contribution in [0.4, 0.5) is 16.3 Å². The fourth-order valence-corrected chi connectivity index (χ4v) is 8.44. The largest absolute Gasteiger partial charge is 0.493 e. The Bertz CT molecular complexity index is 2220. The molecule has 2 aliphatic rings. The van der Waals surface area contributed by atoms with E-state index in [0.717, 1.165) is 96.2 Å². The van der Waals surface area contributed by atoms with Crippen LogP contribution in [0.15, 0.2) is 78.3 Å². The van der Waals surface area contributed by atoms with Gasteiger partial charge < -0.3 is 40.2 Å². The number of hydrogen-bond acceptors (Lipinski definition) is 13. The molecular formula is C47H60N8O5S. The van der Waals surface area contributed by atoms with Crippen LogP contribution in [0.2, 0.25) is 0 Å². The number of hydrogen-bond donors (Lipinski definition) is 3. The second-order valence-corrected chi connectivity index (χ2v) is 18.0. The molecule has 5 aromatic rings. The number of methoxy groups -OCH3 is 1. The zero-order valence-corrected chi connectivity index (χ0v) is 37.1. The SMILES string of the molecule is COCOc1ccccc1-c1cc(C2CNCCN2Cc2ccc(OCC(C)CCN(c3cc(-c4scnc4C)ccc3COC(=O)NC(C)(C)C)C3CC3)cc2)c(N)nn1. The zero-order valence-electron chi connectivity index (χ0n) is 36.3. The van der Waals surface area contributed by atoms with E-state index in [-0.39, 0.29) is 25.0 Å². The van der Waals surface area contributed by atoms with Crippen molar-refractivity contribution in [2.24, 2.45) is 5.92 Å². The lowest BCUT2D eigenvalue weighted by molar-refractivity contribution is 0.0515. The van der Waals surface area contributed by atoms with Crippen molar-refractivity contribution in [2.45, 2.75) is 84.7 Å². The van der Waals surface area contributed by atoms with E-state index in [2.05, 4.69) is 85.0 Å². The van der Waals surface area contributed by atoms with Gasteiger partial charge in [-0.2, -0.15) is 0 Å². The van der Waals surface area contributed by atoms with Crippen LogP contribution in [0.1, 0.15) is 75.4 Å². The van der Waals surface area contributed by atoms with Gasteiger partial charge in [-0.25, -0.2) is 9.78 Å². The van der Waals surface area contributed by atoms with E-state index < -0.39 is 6.09 Å². The number of nitrogen functional groups attached to an aromatic ring is 1. The van der Waals surface area contributed by atoms with E-state index in [1.54, 1.807) is 18.4 Å². The average Bonchev–Trinajstić information content (AvgIpc) is 4.00. The zero-order chi connectivity index (χ0) is 42.9. The van der Waals surface area contributed by atoms with Crippen molar-refractivity contribution < 1.29 is 23.7 Å². The Morgan fingerprint density at radius 3 is 2.61 bits per heavy atom. The van der Waals surface area contributed by atoms with Crippen molar-refractivity contribution in [1.82, 2.24) is 30.7 Å². The number of para-hydroxylation sites is 1. The highest BCUT2D eigenvalue weighted by Gasteiger charge is 2.32. The molecule has 3 heterocycles. The molecule has 13 nitrogen and oxygen atoms in total. The lowest BCUT2D eigenvalue weighted by Crippen LogP contribution is -2.45. The number of benzene rings is 3. The molecule has 1 saturated heterocycles. The number of nitrogens with two attached hydrogens (primary N) is 1. The topological polar surface area (TPSA) is 149 Å². The summed E-state index contributed by atoms with van der Waals surface area (Å²) in [6.45, 7) is 15.2. The van der Waals surface area contributed by atoms with Crippen LogP contribution >= 0.6 is 11.3 Å². The lowest BCUT2D eigenvalue weighted by Gasteiger charge is -2.37. The number of thiazole rings is 1. The quantitative estimate of drug-likeness (QED) is 0.0728. The Morgan fingerprint density at radius 1 is 1.07 bits per heavy atom. The third-order valence-electron chi connectivity index (χ3n) is 11.0. The van der Waals surface area contributed by atoms with E-state index in [1.807, 2.05) is 63.5 Å².